The first-order valence-electron chi connectivity index (χ1n) is 5.55. The van der Waals surface area contributed by atoms with Gasteiger partial charge in [0, 0.05) is 0 Å². The summed E-state index contributed by atoms with van der Waals surface area (Å²) < 4.78 is 26.1. The molecule has 0 radical (unpaired) electrons. The Morgan fingerprint density at radius 1 is 1.27 bits per heavy atom. The van der Waals surface area contributed by atoms with E-state index >= 15 is 0 Å². The highest BCUT2D eigenvalue weighted by Crippen LogP contribution is 2.39. The summed E-state index contributed by atoms with van der Waals surface area (Å²) in [6, 6.07) is 2.07. The minimum atomic E-state index is -2.66. The molecule has 0 heterocycles. The Morgan fingerprint density at radius 3 is 1.87 bits per heavy atom. The van der Waals surface area contributed by atoms with Crippen LogP contribution in [0.2, 0.25) is 18.1 Å². The van der Waals surface area contributed by atoms with E-state index in [2.05, 4.69) is 6.58 Å². The van der Waals surface area contributed by atoms with E-state index in [9.17, 15) is 13.9 Å². The minimum Gasteiger partial charge on any atom is -0.387 e. The van der Waals surface area contributed by atoms with Crippen molar-refractivity contribution in [3.05, 3.63) is 12.7 Å². The third-order valence-electron chi connectivity index (χ3n) is 3.77. The molecule has 0 fully saturated rings. The molecule has 0 aromatic heterocycles. The predicted octanol–water partition coefficient (Wildman–Crippen LogP) is 3.61. The van der Waals surface area contributed by atoms with Crippen LogP contribution >= 0.6 is 0 Å². The van der Waals surface area contributed by atoms with Gasteiger partial charge in [0.2, 0.25) is 0 Å². The zero-order valence-electron chi connectivity index (χ0n) is 9.89. The van der Waals surface area contributed by atoms with Gasteiger partial charge in [-0.15, -0.1) is 6.58 Å². The van der Waals surface area contributed by atoms with Gasteiger partial charge < -0.3 is 5.11 Å². The van der Waals surface area contributed by atoms with E-state index in [4.69, 9.17) is 0 Å². The molecule has 1 N–H and O–H groups in total. The monoisotopic (exact) mass is 236 g/mol. The average Bonchev–Trinajstić information content (AvgIpc) is 2.21. The van der Waals surface area contributed by atoms with Crippen LogP contribution in [0.3, 0.4) is 0 Å². The second kappa shape index (κ2) is 5.75. The van der Waals surface area contributed by atoms with Crippen molar-refractivity contribution in [2.45, 2.75) is 57.0 Å². The van der Waals surface area contributed by atoms with Crippen LogP contribution in [-0.4, -0.2) is 24.8 Å². The quantitative estimate of drug-likeness (QED) is 0.529. The van der Waals surface area contributed by atoms with E-state index in [1.54, 1.807) is 0 Å². The lowest BCUT2D eigenvalue weighted by molar-refractivity contribution is -0.0441. The van der Waals surface area contributed by atoms with Crippen molar-refractivity contribution in [2.24, 2.45) is 0 Å². The van der Waals surface area contributed by atoms with Gasteiger partial charge in [-0.05, 0) is 6.42 Å². The van der Waals surface area contributed by atoms with Gasteiger partial charge in [-0.3, -0.25) is 0 Å². The number of rotatable bonds is 7. The molecule has 1 unspecified atom stereocenters. The first-order chi connectivity index (χ1) is 6.94. The average molecular weight is 236 g/mol. The van der Waals surface area contributed by atoms with Crippen molar-refractivity contribution < 1.29 is 13.9 Å². The van der Waals surface area contributed by atoms with E-state index < -0.39 is 19.7 Å². The van der Waals surface area contributed by atoms with Gasteiger partial charge in [-0.1, -0.05) is 45.0 Å². The molecule has 1 nitrogen and oxygen atoms in total. The van der Waals surface area contributed by atoms with Gasteiger partial charge in [0.25, 0.3) is 6.43 Å². The van der Waals surface area contributed by atoms with Crippen LogP contribution < -0.4 is 0 Å². The van der Waals surface area contributed by atoms with E-state index in [-0.39, 0.29) is 6.42 Å². The lowest BCUT2D eigenvalue weighted by Gasteiger charge is -2.43. The Hall–Kier alpha value is -0.223. The van der Waals surface area contributed by atoms with Crippen LogP contribution in [-0.2, 0) is 0 Å². The molecule has 0 aromatic carbocycles. The Balaban J connectivity index is 5.25. The summed E-state index contributed by atoms with van der Waals surface area (Å²) in [5, 5.41) is 8.44. The largest absolute Gasteiger partial charge is 0.387 e. The molecule has 0 aliphatic rings. The Bertz CT molecular complexity index is 196. The summed E-state index contributed by atoms with van der Waals surface area (Å²) >= 11 is 0. The lowest BCUT2D eigenvalue weighted by atomic mass is 10.2. The maximum absolute atomic E-state index is 13.1. The Kier molecular flexibility index (Phi) is 5.66. The summed E-state index contributed by atoms with van der Waals surface area (Å²) in [4.78, 5) is 0. The van der Waals surface area contributed by atoms with E-state index in [1.165, 1.54) is 6.08 Å². The highest BCUT2D eigenvalue weighted by atomic mass is 28.3. The summed E-state index contributed by atoms with van der Waals surface area (Å²) in [5.41, 5.74) is 0. The molecule has 1 atom stereocenters. The van der Waals surface area contributed by atoms with Crippen molar-refractivity contribution in [2.75, 3.05) is 0 Å². The van der Waals surface area contributed by atoms with Crippen molar-refractivity contribution in [3.63, 3.8) is 0 Å². The number of alkyl halides is 2. The van der Waals surface area contributed by atoms with E-state index in [1.807, 2.05) is 20.8 Å². The first kappa shape index (κ1) is 14.8. The fourth-order valence-electron chi connectivity index (χ4n) is 2.43. The lowest BCUT2D eigenvalue weighted by Crippen LogP contribution is -2.61. The topological polar surface area (TPSA) is 20.2 Å². The molecule has 0 aliphatic carbocycles. The molecule has 0 aromatic rings. The summed E-state index contributed by atoms with van der Waals surface area (Å²) in [5.74, 6) is 0. The fourth-order valence-corrected chi connectivity index (χ4v) is 6.80. The van der Waals surface area contributed by atoms with Crippen LogP contribution in [0.5, 0.6) is 0 Å². The second-order valence-corrected chi connectivity index (χ2v) is 9.61. The third-order valence-corrected chi connectivity index (χ3v) is 10.1. The molecule has 0 saturated carbocycles. The molecule has 0 bridgehead atoms. The predicted molar refractivity (Wildman–Crippen MR) is 63.0 cm³/mol. The molecule has 4 heteroatoms. The zero-order chi connectivity index (χ0) is 12.1. The molecular formula is C11H22F2OSi. The van der Waals surface area contributed by atoms with Crippen LogP contribution in [0.15, 0.2) is 12.7 Å². The highest BCUT2D eigenvalue weighted by molar-refractivity contribution is 6.82. The molecule has 0 amide bonds. The number of aliphatic hydroxyl groups is 1. The van der Waals surface area contributed by atoms with E-state index in [0.717, 1.165) is 0 Å². The highest BCUT2D eigenvalue weighted by Gasteiger charge is 2.53. The van der Waals surface area contributed by atoms with Gasteiger partial charge in [0.15, 0.2) is 0 Å². The van der Waals surface area contributed by atoms with Gasteiger partial charge in [0.05, 0.1) is 8.07 Å². The second-order valence-electron chi connectivity index (χ2n) is 4.06. The normalized spacial score (nSPS) is 16.5. The first-order valence-corrected chi connectivity index (χ1v) is 8.17. The molecule has 0 rings (SSSR count). The molecule has 0 aliphatic heterocycles. The summed E-state index contributed by atoms with van der Waals surface area (Å²) in [6.45, 7) is 9.21. The maximum Gasteiger partial charge on any atom is 0.264 e. The van der Waals surface area contributed by atoms with Crippen LogP contribution in [0, 0.1) is 0 Å². The van der Waals surface area contributed by atoms with Gasteiger partial charge >= 0.3 is 0 Å². The number of halogens is 2. The maximum atomic E-state index is 13.1. The fraction of sp³-hybridized carbons (Fsp3) is 0.818. The van der Waals surface area contributed by atoms with Crippen molar-refractivity contribution in [1.82, 2.24) is 0 Å². The number of hydrogen-bond donors (Lipinski definition) is 1. The minimum absolute atomic E-state index is 0.00636. The van der Waals surface area contributed by atoms with Crippen LogP contribution in [0.4, 0.5) is 8.78 Å². The van der Waals surface area contributed by atoms with Crippen molar-refractivity contribution in [1.29, 1.82) is 0 Å². The van der Waals surface area contributed by atoms with Crippen LogP contribution in [0.1, 0.15) is 27.2 Å². The summed E-state index contributed by atoms with van der Waals surface area (Å²) in [7, 11) is -2.32. The van der Waals surface area contributed by atoms with Gasteiger partial charge in [-0.25, -0.2) is 8.78 Å². The van der Waals surface area contributed by atoms with Gasteiger partial charge in [0.1, 0.15) is 5.22 Å². The van der Waals surface area contributed by atoms with E-state index in [0.29, 0.717) is 18.1 Å². The molecule has 0 spiro atoms. The molecular weight excluding hydrogens is 214 g/mol. The Labute approximate surface area is 92.2 Å². The standard InChI is InChI=1S/C11H22F2OSi/c1-5-9-11(14,10(12)13)15(6-2,7-3)8-4/h5,10,14H,1,6-9H2,2-4H3. The molecule has 15 heavy (non-hydrogen) atoms. The number of hydrogen-bond acceptors (Lipinski definition) is 1. The summed E-state index contributed by atoms with van der Waals surface area (Å²) in [6.07, 6.45) is -1.25. The van der Waals surface area contributed by atoms with Gasteiger partial charge in [-0.2, -0.15) is 0 Å². The smallest absolute Gasteiger partial charge is 0.264 e. The Morgan fingerprint density at radius 2 is 1.67 bits per heavy atom. The molecule has 90 valence electrons. The SMILES string of the molecule is C=CCC(O)(C(F)F)[Si](CC)(CC)CC. The molecule has 0 saturated heterocycles. The van der Waals surface area contributed by atoms with Crippen molar-refractivity contribution in [3.8, 4) is 0 Å². The zero-order valence-corrected chi connectivity index (χ0v) is 10.9. The third kappa shape index (κ3) is 2.48. The van der Waals surface area contributed by atoms with Crippen molar-refractivity contribution >= 4 is 8.07 Å². The van der Waals surface area contributed by atoms with Crippen LogP contribution in [0.25, 0.3) is 0 Å².